The molecule has 2 N–H and O–H groups in total. The van der Waals surface area contributed by atoms with Crippen LogP contribution in [0.25, 0.3) is 0 Å². The Bertz CT molecular complexity index is 241. The Hall–Kier alpha value is -0.490. The molecular formula is C10H19N3OS. The number of thiazole rings is 1. The number of aromatic nitrogens is 1. The molecule has 1 unspecified atom stereocenters. The lowest BCUT2D eigenvalue weighted by molar-refractivity contribution is 0.199. The third-order valence-electron chi connectivity index (χ3n) is 2.06. The van der Waals surface area contributed by atoms with Crippen LogP contribution in [0, 0.1) is 0 Å². The first-order chi connectivity index (χ1) is 7.34. The van der Waals surface area contributed by atoms with Crippen molar-refractivity contribution in [2.45, 2.75) is 13.0 Å². The average molecular weight is 229 g/mol. The van der Waals surface area contributed by atoms with Crippen molar-refractivity contribution in [1.82, 2.24) is 15.6 Å². The van der Waals surface area contributed by atoms with E-state index in [0.717, 1.165) is 31.2 Å². The maximum Gasteiger partial charge on any atom is 0.109 e. The Labute approximate surface area is 95.1 Å². The maximum atomic E-state index is 4.94. The van der Waals surface area contributed by atoms with Gasteiger partial charge in [-0.3, -0.25) is 0 Å². The molecule has 1 aromatic rings. The number of hydrogen-bond acceptors (Lipinski definition) is 5. The van der Waals surface area contributed by atoms with Crippen molar-refractivity contribution in [3.8, 4) is 0 Å². The molecule has 5 heteroatoms. The molecule has 1 heterocycles. The van der Waals surface area contributed by atoms with Gasteiger partial charge in [-0.1, -0.05) is 0 Å². The number of nitrogens with zero attached hydrogens (tertiary/aromatic N) is 1. The van der Waals surface area contributed by atoms with Crippen molar-refractivity contribution >= 4 is 11.3 Å². The van der Waals surface area contributed by atoms with Crippen LogP contribution in [0.4, 0.5) is 0 Å². The summed E-state index contributed by atoms with van der Waals surface area (Å²) in [5.74, 6) is 0. The van der Waals surface area contributed by atoms with Crippen LogP contribution in [0.15, 0.2) is 11.6 Å². The Morgan fingerprint density at radius 1 is 1.47 bits per heavy atom. The molecule has 1 atom stereocenters. The van der Waals surface area contributed by atoms with Crippen LogP contribution in [0.3, 0.4) is 0 Å². The van der Waals surface area contributed by atoms with Gasteiger partial charge in [0.15, 0.2) is 0 Å². The molecule has 1 aromatic heterocycles. The van der Waals surface area contributed by atoms with E-state index in [0.29, 0.717) is 6.04 Å². The third kappa shape index (κ3) is 5.22. The van der Waals surface area contributed by atoms with E-state index < -0.39 is 0 Å². The molecular weight excluding hydrogens is 210 g/mol. The molecule has 0 spiro atoms. The van der Waals surface area contributed by atoms with Crippen molar-refractivity contribution in [3.05, 3.63) is 16.6 Å². The maximum absolute atomic E-state index is 4.94. The van der Waals surface area contributed by atoms with Gasteiger partial charge in [0, 0.05) is 38.3 Å². The number of rotatable bonds is 8. The Morgan fingerprint density at radius 2 is 2.33 bits per heavy atom. The summed E-state index contributed by atoms with van der Waals surface area (Å²) in [5.41, 5.74) is 0. The lowest BCUT2D eigenvalue weighted by Crippen LogP contribution is -2.30. The zero-order valence-electron chi connectivity index (χ0n) is 9.32. The lowest BCUT2D eigenvalue weighted by Gasteiger charge is -2.11. The topological polar surface area (TPSA) is 46.2 Å². The van der Waals surface area contributed by atoms with Gasteiger partial charge < -0.3 is 15.4 Å². The summed E-state index contributed by atoms with van der Waals surface area (Å²) in [5, 5.41) is 9.84. The van der Waals surface area contributed by atoms with Gasteiger partial charge in [0.1, 0.15) is 5.01 Å². The number of ether oxygens (including phenoxy) is 1. The number of methoxy groups -OCH3 is 1. The monoisotopic (exact) mass is 229 g/mol. The molecule has 0 amide bonds. The van der Waals surface area contributed by atoms with Gasteiger partial charge in [0.05, 0.1) is 12.6 Å². The molecule has 0 aliphatic rings. The van der Waals surface area contributed by atoms with E-state index in [4.69, 9.17) is 4.74 Å². The summed E-state index contributed by atoms with van der Waals surface area (Å²) >= 11 is 1.69. The van der Waals surface area contributed by atoms with Gasteiger partial charge in [0.2, 0.25) is 0 Å². The molecule has 86 valence electrons. The number of hydrogen-bond donors (Lipinski definition) is 2. The minimum atomic E-state index is 0.342. The SMILES string of the molecule is COCCNCCNC(C)c1nccs1. The third-order valence-corrected chi connectivity index (χ3v) is 3.02. The molecule has 0 fully saturated rings. The molecule has 0 radical (unpaired) electrons. The molecule has 15 heavy (non-hydrogen) atoms. The van der Waals surface area contributed by atoms with Crippen molar-refractivity contribution in [3.63, 3.8) is 0 Å². The zero-order valence-corrected chi connectivity index (χ0v) is 10.1. The predicted molar refractivity (Wildman–Crippen MR) is 63.3 cm³/mol. The van der Waals surface area contributed by atoms with Crippen LogP contribution < -0.4 is 10.6 Å². The molecule has 0 saturated carbocycles. The largest absolute Gasteiger partial charge is 0.383 e. The van der Waals surface area contributed by atoms with Crippen molar-refractivity contribution in [2.75, 3.05) is 33.4 Å². The van der Waals surface area contributed by atoms with E-state index in [1.54, 1.807) is 18.4 Å². The van der Waals surface area contributed by atoms with E-state index in [2.05, 4.69) is 22.5 Å². The van der Waals surface area contributed by atoms with Crippen LogP contribution in [0.1, 0.15) is 18.0 Å². The quantitative estimate of drug-likeness (QED) is 0.654. The van der Waals surface area contributed by atoms with Crippen LogP contribution in [0.5, 0.6) is 0 Å². The van der Waals surface area contributed by atoms with Crippen molar-refractivity contribution in [1.29, 1.82) is 0 Å². The summed E-state index contributed by atoms with van der Waals surface area (Å²) in [6.45, 7) is 5.71. The normalized spacial score (nSPS) is 12.9. The molecule has 4 nitrogen and oxygen atoms in total. The summed E-state index contributed by atoms with van der Waals surface area (Å²) in [6, 6.07) is 0.342. The van der Waals surface area contributed by atoms with Crippen molar-refractivity contribution < 1.29 is 4.74 Å². The Morgan fingerprint density at radius 3 is 3.00 bits per heavy atom. The van der Waals surface area contributed by atoms with Gasteiger partial charge >= 0.3 is 0 Å². The summed E-state index contributed by atoms with van der Waals surface area (Å²) < 4.78 is 4.94. The van der Waals surface area contributed by atoms with Crippen molar-refractivity contribution in [2.24, 2.45) is 0 Å². The standard InChI is InChI=1S/C10H19N3OS/c1-9(10-13-6-8-15-10)12-4-3-11-5-7-14-2/h6,8-9,11-12H,3-5,7H2,1-2H3. The second-order valence-electron chi connectivity index (χ2n) is 3.29. The smallest absolute Gasteiger partial charge is 0.109 e. The summed E-state index contributed by atoms with van der Waals surface area (Å²) in [4.78, 5) is 4.26. The Balaban J connectivity index is 2.00. The van der Waals surface area contributed by atoms with E-state index >= 15 is 0 Å². The minimum Gasteiger partial charge on any atom is -0.383 e. The highest BCUT2D eigenvalue weighted by Crippen LogP contribution is 2.13. The van der Waals surface area contributed by atoms with Gasteiger partial charge in [-0.05, 0) is 6.92 Å². The second kappa shape index (κ2) is 7.76. The summed E-state index contributed by atoms with van der Waals surface area (Å²) in [7, 11) is 1.71. The highest BCUT2D eigenvalue weighted by Gasteiger charge is 2.05. The minimum absolute atomic E-state index is 0.342. The molecule has 0 bridgehead atoms. The average Bonchev–Trinajstić information content (AvgIpc) is 2.76. The van der Waals surface area contributed by atoms with E-state index in [-0.39, 0.29) is 0 Å². The van der Waals surface area contributed by atoms with Crippen LogP contribution >= 0.6 is 11.3 Å². The highest BCUT2D eigenvalue weighted by atomic mass is 32.1. The van der Waals surface area contributed by atoms with Crippen LogP contribution in [-0.4, -0.2) is 38.3 Å². The fraction of sp³-hybridized carbons (Fsp3) is 0.700. The zero-order chi connectivity index (χ0) is 10.9. The van der Waals surface area contributed by atoms with E-state index in [1.807, 2.05) is 11.6 Å². The van der Waals surface area contributed by atoms with Crippen LogP contribution in [-0.2, 0) is 4.74 Å². The first-order valence-electron chi connectivity index (χ1n) is 5.17. The first-order valence-corrected chi connectivity index (χ1v) is 6.05. The number of nitrogens with one attached hydrogen (secondary N) is 2. The van der Waals surface area contributed by atoms with Gasteiger partial charge in [0.25, 0.3) is 0 Å². The molecule has 1 rings (SSSR count). The molecule has 0 aliphatic heterocycles. The van der Waals surface area contributed by atoms with Gasteiger partial charge in [-0.2, -0.15) is 0 Å². The second-order valence-corrected chi connectivity index (χ2v) is 4.22. The fourth-order valence-corrected chi connectivity index (χ4v) is 1.88. The fourth-order valence-electron chi connectivity index (χ4n) is 1.21. The van der Waals surface area contributed by atoms with Gasteiger partial charge in [-0.15, -0.1) is 11.3 Å². The first kappa shape index (κ1) is 12.6. The van der Waals surface area contributed by atoms with Crippen LogP contribution in [0.2, 0.25) is 0 Å². The lowest BCUT2D eigenvalue weighted by atomic mass is 10.3. The Kier molecular flexibility index (Phi) is 6.50. The molecule has 0 saturated heterocycles. The molecule has 0 aromatic carbocycles. The van der Waals surface area contributed by atoms with Gasteiger partial charge in [-0.25, -0.2) is 4.98 Å². The van der Waals surface area contributed by atoms with E-state index in [9.17, 15) is 0 Å². The predicted octanol–water partition coefficient (Wildman–Crippen LogP) is 1.03. The summed E-state index contributed by atoms with van der Waals surface area (Å²) in [6.07, 6.45) is 1.84. The highest BCUT2D eigenvalue weighted by molar-refractivity contribution is 7.09. The van der Waals surface area contributed by atoms with E-state index in [1.165, 1.54) is 0 Å². The molecule has 0 aliphatic carbocycles.